The first kappa shape index (κ1) is 22.8. The van der Waals surface area contributed by atoms with Gasteiger partial charge in [0.25, 0.3) is 10.0 Å². The number of anilines is 1. The largest absolute Gasteiger partial charge is 0.497 e. The lowest BCUT2D eigenvalue weighted by Gasteiger charge is -2.28. The summed E-state index contributed by atoms with van der Waals surface area (Å²) in [5, 5.41) is 0. The molecule has 5 nitrogen and oxygen atoms in total. The maximum absolute atomic E-state index is 13.6. The molecule has 0 aliphatic heterocycles. The van der Waals surface area contributed by atoms with Crippen molar-refractivity contribution in [3.05, 3.63) is 78.6 Å². The van der Waals surface area contributed by atoms with E-state index in [4.69, 9.17) is 4.74 Å². The summed E-state index contributed by atoms with van der Waals surface area (Å²) in [6, 6.07) is 19.7. The normalized spacial score (nSPS) is 11.5. The summed E-state index contributed by atoms with van der Waals surface area (Å²) >= 11 is 0. The highest BCUT2D eigenvalue weighted by Crippen LogP contribution is 2.37. The average molecular weight is 443 g/mol. The molecule has 3 aromatic carbocycles. The zero-order chi connectivity index (χ0) is 22.4. The van der Waals surface area contributed by atoms with Crippen molar-refractivity contribution in [3.63, 3.8) is 0 Å². The zero-order valence-corrected chi connectivity index (χ0v) is 18.8. The summed E-state index contributed by atoms with van der Waals surface area (Å²) < 4.78 is 47.6. The van der Waals surface area contributed by atoms with E-state index in [0.717, 1.165) is 6.54 Å². The van der Waals surface area contributed by atoms with E-state index >= 15 is 0 Å². The van der Waals surface area contributed by atoms with Gasteiger partial charge < -0.3 is 9.64 Å². The summed E-state index contributed by atoms with van der Waals surface area (Å²) in [5.74, 6) is 0.237. The van der Waals surface area contributed by atoms with Crippen LogP contribution in [0.2, 0.25) is 0 Å². The quantitative estimate of drug-likeness (QED) is 0.484. The Labute approximate surface area is 183 Å². The Morgan fingerprint density at radius 2 is 1.58 bits per heavy atom. The molecule has 0 spiro atoms. The van der Waals surface area contributed by atoms with Gasteiger partial charge in [0.05, 0.1) is 17.7 Å². The molecule has 31 heavy (non-hydrogen) atoms. The first-order chi connectivity index (χ1) is 14.8. The number of nitrogens with zero attached hydrogens (tertiary/aromatic N) is 2. The van der Waals surface area contributed by atoms with Gasteiger partial charge in [-0.25, -0.2) is 12.8 Å². The molecule has 0 aliphatic carbocycles. The lowest BCUT2D eigenvalue weighted by Crippen LogP contribution is -2.34. The number of sulfonamides is 1. The van der Waals surface area contributed by atoms with Crippen molar-refractivity contribution in [3.8, 4) is 16.9 Å². The van der Waals surface area contributed by atoms with Crippen LogP contribution in [-0.4, -0.2) is 47.6 Å². The molecule has 0 amide bonds. The highest BCUT2D eigenvalue weighted by molar-refractivity contribution is 7.92. The van der Waals surface area contributed by atoms with Gasteiger partial charge in [-0.2, -0.15) is 0 Å². The van der Waals surface area contributed by atoms with Crippen molar-refractivity contribution in [2.24, 2.45) is 0 Å². The van der Waals surface area contributed by atoms with E-state index in [0.29, 0.717) is 35.5 Å². The van der Waals surface area contributed by atoms with Gasteiger partial charge in [-0.05, 0) is 75.1 Å². The minimum atomic E-state index is -3.81. The Kier molecular flexibility index (Phi) is 7.30. The second-order valence-corrected chi connectivity index (χ2v) is 9.30. The summed E-state index contributed by atoms with van der Waals surface area (Å²) in [7, 11) is 1.65. The van der Waals surface area contributed by atoms with Gasteiger partial charge >= 0.3 is 0 Å². The van der Waals surface area contributed by atoms with Gasteiger partial charge in [0.15, 0.2) is 0 Å². The first-order valence-electron chi connectivity index (χ1n) is 9.99. The van der Waals surface area contributed by atoms with E-state index in [9.17, 15) is 12.8 Å². The zero-order valence-electron chi connectivity index (χ0n) is 18.0. The minimum Gasteiger partial charge on any atom is -0.497 e. The van der Waals surface area contributed by atoms with Crippen molar-refractivity contribution in [1.82, 2.24) is 4.90 Å². The smallest absolute Gasteiger partial charge is 0.264 e. The van der Waals surface area contributed by atoms with Crippen LogP contribution in [-0.2, 0) is 10.0 Å². The standard InChI is InChI=1S/C24H27FN2O3S/c1-26(2)16-7-17-27(31(28,29)22-8-5-4-6-9-22)24-15-14-21(30-3)18-23(24)19-10-12-20(25)13-11-19/h4-6,8-15,18H,7,16-17H2,1-3H3. The Morgan fingerprint density at radius 1 is 0.903 bits per heavy atom. The van der Waals surface area contributed by atoms with Crippen LogP contribution in [0.3, 0.4) is 0 Å². The summed E-state index contributed by atoms with van der Waals surface area (Å²) in [6.07, 6.45) is 0.647. The van der Waals surface area contributed by atoms with Crippen LogP contribution < -0.4 is 9.04 Å². The van der Waals surface area contributed by atoms with E-state index in [1.54, 1.807) is 67.8 Å². The lowest BCUT2D eigenvalue weighted by atomic mass is 10.0. The van der Waals surface area contributed by atoms with Crippen LogP contribution in [0.15, 0.2) is 77.7 Å². The third-order valence-corrected chi connectivity index (χ3v) is 6.75. The van der Waals surface area contributed by atoms with Gasteiger partial charge in [0.2, 0.25) is 0 Å². The van der Waals surface area contributed by atoms with Crippen LogP contribution in [0.1, 0.15) is 6.42 Å². The third-order valence-electron chi connectivity index (χ3n) is 4.93. The fourth-order valence-corrected chi connectivity index (χ4v) is 4.88. The topological polar surface area (TPSA) is 49.9 Å². The van der Waals surface area contributed by atoms with Crippen LogP contribution in [0.25, 0.3) is 11.1 Å². The highest BCUT2D eigenvalue weighted by Gasteiger charge is 2.27. The van der Waals surface area contributed by atoms with E-state index in [-0.39, 0.29) is 10.7 Å². The molecule has 0 fully saturated rings. The molecule has 0 bridgehead atoms. The molecular formula is C24H27FN2O3S. The molecule has 7 heteroatoms. The maximum Gasteiger partial charge on any atom is 0.264 e. The van der Waals surface area contributed by atoms with Crippen molar-refractivity contribution >= 4 is 15.7 Å². The van der Waals surface area contributed by atoms with Crippen LogP contribution in [0.4, 0.5) is 10.1 Å². The molecule has 0 N–H and O–H groups in total. The number of ether oxygens (including phenoxy) is 1. The molecule has 3 rings (SSSR count). The fourth-order valence-electron chi connectivity index (χ4n) is 3.34. The Morgan fingerprint density at radius 3 is 2.19 bits per heavy atom. The van der Waals surface area contributed by atoms with E-state index in [1.807, 2.05) is 19.0 Å². The van der Waals surface area contributed by atoms with Crippen LogP contribution >= 0.6 is 0 Å². The first-order valence-corrected chi connectivity index (χ1v) is 11.4. The predicted molar refractivity (Wildman–Crippen MR) is 123 cm³/mol. The van der Waals surface area contributed by atoms with Gasteiger partial charge in [0.1, 0.15) is 11.6 Å². The number of halogens is 1. The molecule has 0 aliphatic rings. The number of hydrogen-bond donors (Lipinski definition) is 0. The van der Waals surface area contributed by atoms with E-state index < -0.39 is 10.0 Å². The minimum absolute atomic E-state index is 0.223. The number of rotatable bonds is 9. The van der Waals surface area contributed by atoms with Crippen LogP contribution in [0.5, 0.6) is 5.75 Å². The Hall–Kier alpha value is -2.90. The number of hydrogen-bond acceptors (Lipinski definition) is 4. The summed E-state index contributed by atoms with van der Waals surface area (Å²) in [4.78, 5) is 2.24. The highest BCUT2D eigenvalue weighted by atomic mass is 32.2. The van der Waals surface area contributed by atoms with Gasteiger partial charge in [0, 0.05) is 12.1 Å². The SMILES string of the molecule is COc1ccc(N(CCCN(C)C)S(=O)(=O)c2ccccc2)c(-c2ccc(F)cc2)c1. The van der Waals surface area contributed by atoms with Crippen molar-refractivity contribution in [1.29, 1.82) is 0 Å². The molecule has 164 valence electrons. The maximum atomic E-state index is 13.6. The molecule has 0 radical (unpaired) electrons. The molecule has 0 atom stereocenters. The lowest BCUT2D eigenvalue weighted by molar-refractivity contribution is 0.403. The summed E-state index contributed by atoms with van der Waals surface area (Å²) in [6.45, 7) is 1.04. The monoisotopic (exact) mass is 442 g/mol. The molecule has 3 aromatic rings. The molecule has 0 saturated carbocycles. The van der Waals surface area contributed by atoms with E-state index in [1.165, 1.54) is 16.4 Å². The average Bonchev–Trinajstić information content (AvgIpc) is 2.77. The van der Waals surface area contributed by atoms with Gasteiger partial charge in [-0.3, -0.25) is 4.31 Å². The third kappa shape index (κ3) is 5.42. The fraction of sp³-hybridized carbons (Fsp3) is 0.250. The second-order valence-electron chi connectivity index (χ2n) is 7.44. The Bertz CT molecular complexity index is 1100. The summed E-state index contributed by atoms with van der Waals surface area (Å²) in [5.41, 5.74) is 1.88. The van der Waals surface area contributed by atoms with Gasteiger partial charge in [-0.15, -0.1) is 0 Å². The van der Waals surface area contributed by atoms with Crippen molar-refractivity contribution in [2.75, 3.05) is 38.6 Å². The molecule has 0 aromatic heterocycles. The molecule has 0 heterocycles. The van der Waals surface area contributed by atoms with E-state index in [2.05, 4.69) is 0 Å². The molecular weight excluding hydrogens is 415 g/mol. The van der Waals surface area contributed by atoms with Gasteiger partial charge in [-0.1, -0.05) is 30.3 Å². The number of benzene rings is 3. The van der Waals surface area contributed by atoms with Crippen molar-refractivity contribution in [2.45, 2.75) is 11.3 Å². The van der Waals surface area contributed by atoms with Crippen molar-refractivity contribution < 1.29 is 17.5 Å². The second kappa shape index (κ2) is 9.94. The van der Waals surface area contributed by atoms with Crippen LogP contribution in [0, 0.1) is 5.82 Å². The molecule has 0 saturated heterocycles. The predicted octanol–water partition coefficient (Wildman–Crippen LogP) is 4.65. The Balaban J connectivity index is 2.15. The number of methoxy groups -OCH3 is 1. The molecule has 0 unspecified atom stereocenters.